The molecule has 1 saturated carbocycles. The Kier molecular flexibility index (Phi) is 9.63. The van der Waals surface area contributed by atoms with E-state index in [1.165, 1.54) is 6.42 Å². The van der Waals surface area contributed by atoms with E-state index >= 15 is 0 Å². The second kappa shape index (κ2) is 11.0. The summed E-state index contributed by atoms with van der Waals surface area (Å²) in [5, 5.41) is 0. The van der Waals surface area contributed by atoms with Gasteiger partial charge in [0.1, 0.15) is 0 Å². The van der Waals surface area contributed by atoms with Crippen molar-refractivity contribution in [3.05, 3.63) is 0 Å². The van der Waals surface area contributed by atoms with Gasteiger partial charge in [0.15, 0.2) is 0 Å². The topological polar surface area (TPSA) is 64.8 Å². The van der Waals surface area contributed by atoms with E-state index < -0.39 is 0 Å². The second-order valence-electron chi connectivity index (χ2n) is 5.61. The highest BCUT2D eigenvalue weighted by Gasteiger charge is 2.32. The first kappa shape index (κ1) is 18.4. The van der Waals surface area contributed by atoms with Gasteiger partial charge in [0, 0.05) is 32.2 Å². The second-order valence-corrected chi connectivity index (χ2v) is 5.61. The third-order valence-corrected chi connectivity index (χ3v) is 4.26. The van der Waals surface area contributed by atoms with Crippen molar-refractivity contribution in [2.75, 3.05) is 46.1 Å². The van der Waals surface area contributed by atoms with Gasteiger partial charge in [-0.3, -0.25) is 4.79 Å². The standard InChI is InChI=1S/C16H32N2O3/c1-3-20-11-9-18(10-12-21-4-2)16(19)15-8-6-5-7-14(15)13-17/h14-15H,3-13,17H2,1-2H3. The van der Waals surface area contributed by atoms with Crippen molar-refractivity contribution >= 4 is 5.91 Å². The zero-order chi connectivity index (χ0) is 15.5. The van der Waals surface area contributed by atoms with E-state index in [1.54, 1.807) is 0 Å². The Morgan fingerprint density at radius 2 is 1.67 bits per heavy atom. The fourth-order valence-corrected chi connectivity index (χ4v) is 3.02. The number of hydrogen-bond acceptors (Lipinski definition) is 4. The number of carbonyl (C=O) groups excluding carboxylic acids is 1. The summed E-state index contributed by atoms with van der Waals surface area (Å²) in [6, 6.07) is 0. The van der Waals surface area contributed by atoms with Crippen molar-refractivity contribution < 1.29 is 14.3 Å². The normalized spacial score (nSPS) is 22.2. The molecule has 2 N–H and O–H groups in total. The Bertz CT molecular complexity index is 277. The summed E-state index contributed by atoms with van der Waals surface area (Å²) in [4.78, 5) is 14.7. The largest absolute Gasteiger partial charge is 0.380 e. The predicted octanol–water partition coefficient (Wildman–Crippen LogP) is 1.65. The number of carbonyl (C=O) groups is 1. The smallest absolute Gasteiger partial charge is 0.226 e. The Balaban J connectivity index is 2.58. The molecule has 124 valence electrons. The number of nitrogens with zero attached hydrogens (tertiary/aromatic N) is 1. The number of nitrogens with two attached hydrogens (primary N) is 1. The van der Waals surface area contributed by atoms with Crippen LogP contribution in [0.3, 0.4) is 0 Å². The molecule has 1 aliphatic carbocycles. The van der Waals surface area contributed by atoms with Gasteiger partial charge < -0.3 is 20.1 Å². The van der Waals surface area contributed by atoms with E-state index in [1.807, 2.05) is 18.7 Å². The van der Waals surface area contributed by atoms with Crippen LogP contribution < -0.4 is 5.73 Å². The third kappa shape index (κ3) is 6.32. The summed E-state index contributed by atoms with van der Waals surface area (Å²) in [5.74, 6) is 0.671. The van der Waals surface area contributed by atoms with Crippen LogP contribution in [0.5, 0.6) is 0 Å². The molecular weight excluding hydrogens is 268 g/mol. The van der Waals surface area contributed by atoms with Gasteiger partial charge in [-0.15, -0.1) is 0 Å². The molecule has 2 unspecified atom stereocenters. The Morgan fingerprint density at radius 1 is 1.10 bits per heavy atom. The quantitative estimate of drug-likeness (QED) is 0.623. The first-order valence-electron chi connectivity index (χ1n) is 8.38. The van der Waals surface area contributed by atoms with E-state index in [4.69, 9.17) is 15.2 Å². The van der Waals surface area contributed by atoms with Crippen LogP contribution in [0.1, 0.15) is 39.5 Å². The van der Waals surface area contributed by atoms with Gasteiger partial charge in [0.25, 0.3) is 0 Å². The average molecular weight is 300 g/mol. The zero-order valence-electron chi connectivity index (χ0n) is 13.7. The SMILES string of the molecule is CCOCCN(CCOCC)C(=O)C1CCCCC1CN. The highest BCUT2D eigenvalue weighted by molar-refractivity contribution is 5.79. The van der Waals surface area contributed by atoms with Crippen LogP contribution in [0.4, 0.5) is 0 Å². The van der Waals surface area contributed by atoms with Crippen LogP contribution in [0.15, 0.2) is 0 Å². The molecule has 1 aliphatic rings. The summed E-state index contributed by atoms with van der Waals surface area (Å²) in [6.45, 7) is 8.39. The summed E-state index contributed by atoms with van der Waals surface area (Å²) in [5.41, 5.74) is 5.85. The summed E-state index contributed by atoms with van der Waals surface area (Å²) in [7, 11) is 0. The van der Waals surface area contributed by atoms with Gasteiger partial charge in [-0.25, -0.2) is 0 Å². The first-order valence-corrected chi connectivity index (χ1v) is 8.38. The molecule has 2 atom stereocenters. The molecule has 1 rings (SSSR count). The molecule has 0 aliphatic heterocycles. The van der Waals surface area contributed by atoms with Crippen LogP contribution in [-0.4, -0.2) is 56.9 Å². The van der Waals surface area contributed by atoms with E-state index in [0.29, 0.717) is 52.0 Å². The molecule has 0 aromatic carbocycles. The Hall–Kier alpha value is -0.650. The molecule has 5 nitrogen and oxygen atoms in total. The predicted molar refractivity (Wildman–Crippen MR) is 84.1 cm³/mol. The zero-order valence-corrected chi connectivity index (χ0v) is 13.7. The minimum atomic E-state index is 0.0898. The Morgan fingerprint density at radius 3 is 2.19 bits per heavy atom. The lowest BCUT2D eigenvalue weighted by atomic mass is 9.78. The van der Waals surface area contributed by atoms with Crippen molar-refractivity contribution in [3.63, 3.8) is 0 Å². The van der Waals surface area contributed by atoms with Gasteiger partial charge in [-0.05, 0) is 39.2 Å². The average Bonchev–Trinajstić information content (AvgIpc) is 2.53. The Labute approximate surface area is 129 Å². The minimum absolute atomic E-state index is 0.0898. The molecule has 0 heterocycles. The maximum Gasteiger partial charge on any atom is 0.226 e. The fraction of sp³-hybridized carbons (Fsp3) is 0.938. The van der Waals surface area contributed by atoms with Crippen molar-refractivity contribution in [1.29, 1.82) is 0 Å². The lowest BCUT2D eigenvalue weighted by molar-refractivity contribution is -0.140. The van der Waals surface area contributed by atoms with E-state index in [-0.39, 0.29) is 11.8 Å². The number of rotatable bonds is 10. The molecule has 0 saturated heterocycles. The maximum atomic E-state index is 12.8. The fourth-order valence-electron chi connectivity index (χ4n) is 3.02. The van der Waals surface area contributed by atoms with Crippen LogP contribution in [0, 0.1) is 11.8 Å². The number of amides is 1. The monoisotopic (exact) mass is 300 g/mol. The van der Waals surface area contributed by atoms with Gasteiger partial charge in [-0.1, -0.05) is 12.8 Å². The minimum Gasteiger partial charge on any atom is -0.380 e. The molecule has 0 spiro atoms. The molecule has 0 bridgehead atoms. The maximum absolute atomic E-state index is 12.8. The molecule has 0 aromatic heterocycles. The molecule has 1 fully saturated rings. The lowest BCUT2D eigenvalue weighted by Gasteiger charge is -2.34. The summed E-state index contributed by atoms with van der Waals surface area (Å²) < 4.78 is 10.8. The lowest BCUT2D eigenvalue weighted by Crippen LogP contribution is -2.44. The summed E-state index contributed by atoms with van der Waals surface area (Å²) >= 11 is 0. The molecule has 1 amide bonds. The van der Waals surface area contributed by atoms with Crippen molar-refractivity contribution in [2.24, 2.45) is 17.6 Å². The van der Waals surface area contributed by atoms with E-state index in [0.717, 1.165) is 19.3 Å². The highest BCUT2D eigenvalue weighted by atomic mass is 16.5. The first-order chi connectivity index (χ1) is 10.2. The van der Waals surface area contributed by atoms with Crippen molar-refractivity contribution in [2.45, 2.75) is 39.5 Å². The number of ether oxygens (including phenoxy) is 2. The van der Waals surface area contributed by atoms with Gasteiger partial charge in [0.2, 0.25) is 5.91 Å². The summed E-state index contributed by atoms with van der Waals surface area (Å²) in [6.07, 6.45) is 4.39. The van der Waals surface area contributed by atoms with E-state index in [9.17, 15) is 4.79 Å². The number of hydrogen-bond donors (Lipinski definition) is 1. The third-order valence-electron chi connectivity index (χ3n) is 4.26. The van der Waals surface area contributed by atoms with Crippen LogP contribution in [-0.2, 0) is 14.3 Å². The van der Waals surface area contributed by atoms with E-state index in [2.05, 4.69) is 0 Å². The molecular formula is C16H32N2O3. The molecule has 21 heavy (non-hydrogen) atoms. The highest BCUT2D eigenvalue weighted by Crippen LogP contribution is 2.30. The van der Waals surface area contributed by atoms with Crippen LogP contribution in [0.25, 0.3) is 0 Å². The molecule has 0 radical (unpaired) electrons. The van der Waals surface area contributed by atoms with Crippen LogP contribution in [0.2, 0.25) is 0 Å². The van der Waals surface area contributed by atoms with Gasteiger partial charge >= 0.3 is 0 Å². The van der Waals surface area contributed by atoms with Gasteiger partial charge in [0.05, 0.1) is 13.2 Å². The van der Waals surface area contributed by atoms with Crippen LogP contribution >= 0.6 is 0 Å². The molecule has 0 aromatic rings. The van der Waals surface area contributed by atoms with Gasteiger partial charge in [-0.2, -0.15) is 0 Å². The van der Waals surface area contributed by atoms with Crippen molar-refractivity contribution in [1.82, 2.24) is 4.90 Å². The molecule has 5 heteroatoms. The van der Waals surface area contributed by atoms with Crippen molar-refractivity contribution in [3.8, 4) is 0 Å².